The Hall–Kier alpha value is -3.39. The molecule has 4 rings (SSSR count). The minimum Gasteiger partial charge on any atom is -0.378 e. The van der Waals surface area contributed by atoms with Crippen molar-refractivity contribution in [1.29, 1.82) is 0 Å². The van der Waals surface area contributed by atoms with Crippen molar-refractivity contribution in [3.05, 3.63) is 60.2 Å². The minimum absolute atomic E-state index is 0.318. The average molecular weight is 408 g/mol. The molecule has 1 unspecified atom stereocenters. The number of amides is 4. The zero-order chi connectivity index (χ0) is 20.9. The summed E-state index contributed by atoms with van der Waals surface area (Å²) in [6.45, 7) is 2.76. The molecule has 8 nitrogen and oxygen atoms in total. The maximum absolute atomic E-state index is 12.6. The summed E-state index contributed by atoms with van der Waals surface area (Å²) in [6, 6.07) is 15.7. The van der Waals surface area contributed by atoms with Gasteiger partial charge in [0, 0.05) is 30.9 Å². The molecule has 156 valence electrons. The van der Waals surface area contributed by atoms with Crippen molar-refractivity contribution in [3.63, 3.8) is 0 Å². The van der Waals surface area contributed by atoms with Gasteiger partial charge in [-0.05, 0) is 29.8 Å². The zero-order valence-corrected chi connectivity index (χ0v) is 16.5. The molecule has 0 saturated carbocycles. The molecule has 2 aliphatic heterocycles. The monoisotopic (exact) mass is 408 g/mol. The molecule has 4 amide bonds. The summed E-state index contributed by atoms with van der Waals surface area (Å²) >= 11 is 0. The van der Waals surface area contributed by atoms with E-state index in [-0.39, 0.29) is 12.5 Å². The van der Waals surface area contributed by atoms with E-state index < -0.39 is 18.0 Å². The number of hydrogen-bond acceptors (Lipinski definition) is 5. The summed E-state index contributed by atoms with van der Waals surface area (Å²) in [5, 5.41) is 5.41. The van der Waals surface area contributed by atoms with Crippen LogP contribution >= 0.6 is 0 Å². The molecule has 0 aromatic heterocycles. The Balaban J connectivity index is 1.32. The number of morpholine rings is 1. The molecule has 0 aliphatic carbocycles. The number of carbonyl (C=O) groups excluding carboxylic acids is 3. The van der Waals surface area contributed by atoms with E-state index in [9.17, 15) is 14.4 Å². The second-order valence-electron chi connectivity index (χ2n) is 7.31. The molecule has 2 heterocycles. The van der Waals surface area contributed by atoms with Gasteiger partial charge in [-0.15, -0.1) is 0 Å². The van der Waals surface area contributed by atoms with Gasteiger partial charge in [-0.2, -0.15) is 0 Å². The van der Waals surface area contributed by atoms with Crippen LogP contribution in [0.5, 0.6) is 0 Å². The molecule has 2 aliphatic rings. The molecular weight excluding hydrogens is 384 g/mol. The van der Waals surface area contributed by atoms with E-state index in [1.807, 2.05) is 54.6 Å². The van der Waals surface area contributed by atoms with Crippen LogP contribution in [0.1, 0.15) is 5.56 Å². The van der Waals surface area contributed by atoms with E-state index in [4.69, 9.17) is 4.74 Å². The van der Waals surface area contributed by atoms with Crippen molar-refractivity contribution in [2.45, 2.75) is 12.5 Å². The lowest BCUT2D eigenvalue weighted by Crippen LogP contribution is -2.38. The molecule has 2 fully saturated rings. The number of carbonyl (C=O) groups is 3. The lowest BCUT2D eigenvalue weighted by Gasteiger charge is -2.28. The molecule has 2 N–H and O–H groups in total. The Morgan fingerprint density at radius 2 is 1.73 bits per heavy atom. The SMILES string of the molecule is O=C(CN1C(=O)NC(Cc2ccccc2)C1=O)Nc1ccc(N2CCOCC2)cc1. The van der Waals surface area contributed by atoms with Gasteiger partial charge in [0.1, 0.15) is 12.6 Å². The second kappa shape index (κ2) is 8.96. The van der Waals surface area contributed by atoms with Crippen molar-refractivity contribution in [1.82, 2.24) is 10.2 Å². The third-order valence-electron chi connectivity index (χ3n) is 5.22. The highest BCUT2D eigenvalue weighted by Crippen LogP contribution is 2.19. The molecule has 8 heteroatoms. The number of imide groups is 1. The Morgan fingerprint density at radius 1 is 1.03 bits per heavy atom. The Kier molecular flexibility index (Phi) is 5.94. The summed E-state index contributed by atoms with van der Waals surface area (Å²) in [5.41, 5.74) is 2.63. The van der Waals surface area contributed by atoms with Crippen LogP contribution < -0.4 is 15.5 Å². The van der Waals surface area contributed by atoms with Gasteiger partial charge in [0.2, 0.25) is 5.91 Å². The fourth-order valence-corrected chi connectivity index (χ4v) is 3.64. The highest BCUT2D eigenvalue weighted by molar-refractivity contribution is 6.08. The molecule has 0 bridgehead atoms. The zero-order valence-electron chi connectivity index (χ0n) is 16.5. The number of anilines is 2. The first-order valence-electron chi connectivity index (χ1n) is 9.98. The van der Waals surface area contributed by atoms with Crippen LogP contribution in [0.2, 0.25) is 0 Å². The van der Waals surface area contributed by atoms with E-state index in [2.05, 4.69) is 15.5 Å². The van der Waals surface area contributed by atoms with Gasteiger partial charge in [0.25, 0.3) is 5.91 Å². The number of nitrogens with zero attached hydrogens (tertiary/aromatic N) is 2. The topological polar surface area (TPSA) is 91.0 Å². The van der Waals surface area contributed by atoms with Crippen molar-refractivity contribution in [2.75, 3.05) is 43.1 Å². The molecule has 2 aromatic carbocycles. The number of hydrogen-bond donors (Lipinski definition) is 2. The first-order chi connectivity index (χ1) is 14.6. The average Bonchev–Trinajstić information content (AvgIpc) is 3.03. The first-order valence-corrected chi connectivity index (χ1v) is 9.98. The van der Waals surface area contributed by atoms with Crippen LogP contribution in [0.3, 0.4) is 0 Å². The van der Waals surface area contributed by atoms with E-state index in [0.29, 0.717) is 25.3 Å². The highest BCUT2D eigenvalue weighted by Gasteiger charge is 2.38. The summed E-state index contributed by atoms with van der Waals surface area (Å²) in [5.74, 6) is -0.806. The molecule has 2 aromatic rings. The molecule has 0 spiro atoms. The smallest absolute Gasteiger partial charge is 0.325 e. The third-order valence-corrected chi connectivity index (χ3v) is 5.22. The normalized spacial score (nSPS) is 19.0. The lowest BCUT2D eigenvalue weighted by molar-refractivity contribution is -0.130. The van der Waals surface area contributed by atoms with Crippen molar-refractivity contribution < 1.29 is 19.1 Å². The van der Waals surface area contributed by atoms with Crippen molar-refractivity contribution in [3.8, 4) is 0 Å². The maximum atomic E-state index is 12.6. The number of rotatable bonds is 6. The Morgan fingerprint density at radius 3 is 2.43 bits per heavy atom. The summed E-state index contributed by atoms with van der Waals surface area (Å²) in [4.78, 5) is 40.3. The van der Waals surface area contributed by atoms with Crippen LogP contribution in [-0.4, -0.2) is 61.6 Å². The van der Waals surface area contributed by atoms with Crippen LogP contribution in [0.4, 0.5) is 16.2 Å². The van der Waals surface area contributed by atoms with Crippen LogP contribution in [0.25, 0.3) is 0 Å². The van der Waals surface area contributed by atoms with Gasteiger partial charge >= 0.3 is 6.03 Å². The van der Waals surface area contributed by atoms with E-state index in [1.54, 1.807) is 0 Å². The summed E-state index contributed by atoms with van der Waals surface area (Å²) in [6.07, 6.45) is 0.395. The van der Waals surface area contributed by atoms with Crippen molar-refractivity contribution >= 4 is 29.2 Å². The molecule has 30 heavy (non-hydrogen) atoms. The first kappa shape index (κ1) is 19.9. The van der Waals surface area contributed by atoms with E-state index in [1.165, 1.54) is 0 Å². The third kappa shape index (κ3) is 4.60. The predicted octanol–water partition coefficient (Wildman–Crippen LogP) is 1.62. The quantitative estimate of drug-likeness (QED) is 0.709. The number of ether oxygens (including phenoxy) is 1. The second-order valence-corrected chi connectivity index (χ2v) is 7.31. The summed E-state index contributed by atoms with van der Waals surface area (Å²) < 4.78 is 5.36. The van der Waals surface area contributed by atoms with E-state index >= 15 is 0 Å². The molecular formula is C22H24N4O4. The van der Waals surface area contributed by atoms with Crippen LogP contribution in [0.15, 0.2) is 54.6 Å². The highest BCUT2D eigenvalue weighted by atomic mass is 16.5. The molecule has 1 atom stereocenters. The summed E-state index contributed by atoms with van der Waals surface area (Å²) in [7, 11) is 0. The predicted molar refractivity (Wildman–Crippen MR) is 112 cm³/mol. The standard InChI is InChI=1S/C22H24N4O4/c27-20(23-17-6-8-18(9-7-17)25-10-12-30-13-11-25)15-26-21(28)19(24-22(26)29)14-16-4-2-1-3-5-16/h1-9,19H,10-15H2,(H,23,27)(H,24,29). The maximum Gasteiger partial charge on any atom is 0.325 e. The number of urea groups is 1. The van der Waals surface area contributed by atoms with Crippen LogP contribution in [0, 0.1) is 0 Å². The Bertz CT molecular complexity index is 910. The fourth-order valence-electron chi connectivity index (χ4n) is 3.64. The van der Waals surface area contributed by atoms with Crippen molar-refractivity contribution in [2.24, 2.45) is 0 Å². The van der Waals surface area contributed by atoms with E-state index in [0.717, 1.165) is 29.2 Å². The van der Waals surface area contributed by atoms with Gasteiger partial charge in [-0.3, -0.25) is 14.5 Å². The van der Waals surface area contributed by atoms with Crippen LogP contribution in [-0.2, 0) is 20.7 Å². The van der Waals surface area contributed by atoms with Gasteiger partial charge in [0.05, 0.1) is 13.2 Å². The molecule has 0 radical (unpaired) electrons. The number of nitrogens with one attached hydrogen (secondary N) is 2. The molecule has 2 saturated heterocycles. The van der Waals surface area contributed by atoms with Gasteiger partial charge in [-0.25, -0.2) is 4.79 Å². The largest absolute Gasteiger partial charge is 0.378 e. The number of benzene rings is 2. The fraction of sp³-hybridized carbons (Fsp3) is 0.318. The van der Waals surface area contributed by atoms with Gasteiger partial charge in [0.15, 0.2) is 0 Å². The lowest BCUT2D eigenvalue weighted by atomic mass is 10.1. The Labute approximate surface area is 174 Å². The van der Waals surface area contributed by atoms with Gasteiger partial charge < -0.3 is 20.3 Å². The minimum atomic E-state index is -0.652. The van der Waals surface area contributed by atoms with Gasteiger partial charge in [-0.1, -0.05) is 30.3 Å².